The summed E-state index contributed by atoms with van der Waals surface area (Å²) in [7, 11) is 1.57. The molecule has 1 aliphatic rings. The predicted molar refractivity (Wildman–Crippen MR) is 46.2 cm³/mol. The second kappa shape index (κ2) is 3.23. The van der Waals surface area contributed by atoms with Gasteiger partial charge in [0.15, 0.2) is 0 Å². The molecule has 0 aliphatic heterocycles. The predicted octanol–water partition coefficient (Wildman–Crippen LogP) is 1.64. The molecule has 0 aromatic heterocycles. The molecule has 0 radical (unpaired) electrons. The van der Waals surface area contributed by atoms with Crippen molar-refractivity contribution >= 4 is 19.7 Å². The summed E-state index contributed by atoms with van der Waals surface area (Å²) in [6, 6.07) is 2.07. The van der Waals surface area contributed by atoms with E-state index >= 15 is 0 Å². The minimum Gasteiger partial charge on any atom is -0.212 e. The second-order valence-electron chi connectivity index (χ2n) is 3.28. The Morgan fingerprint density at radius 1 is 1.42 bits per heavy atom. The fourth-order valence-electron chi connectivity index (χ4n) is 1.67. The van der Waals surface area contributed by atoms with Crippen molar-refractivity contribution in [3.63, 3.8) is 0 Å². The van der Waals surface area contributed by atoms with Crippen LogP contribution >= 0.6 is 10.7 Å². The Balaban J connectivity index is 2.77. The van der Waals surface area contributed by atoms with Crippen molar-refractivity contribution in [2.24, 2.45) is 5.41 Å². The first kappa shape index (κ1) is 9.82. The van der Waals surface area contributed by atoms with E-state index in [1.807, 2.05) is 0 Å². The first-order chi connectivity index (χ1) is 5.47. The van der Waals surface area contributed by atoms with Crippen molar-refractivity contribution in [3.8, 4) is 6.07 Å². The lowest BCUT2D eigenvalue weighted by atomic mass is 9.91. The molecule has 12 heavy (non-hydrogen) atoms. The molecule has 1 fully saturated rings. The summed E-state index contributed by atoms with van der Waals surface area (Å²) in [5.41, 5.74) is -0.694. The molecule has 0 spiro atoms. The highest BCUT2D eigenvalue weighted by molar-refractivity contribution is 8.13. The molecule has 68 valence electrons. The maximum atomic E-state index is 10.8. The first-order valence-electron chi connectivity index (χ1n) is 3.81. The standard InChI is InChI=1S/C7H10ClNO2S/c8-12(10,11)6-7(5-9)3-1-2-4-7/h1-4,6H2. The van der Waals surface area contributed by atoms with E-state index in [9.17, 15) is 8.42 Å². The lowest BCUT2D eigenvalue weighted by Gasteiger charge is -2.16. The quantitative estimate of drug-likeness (QED) is 0.647. The van der Waals surface area contributed by atoms with Crippen LogP contribution in [0.5, 0.6) is 0 Å². The van der Waals surface area contributed by atoms with Crippen LogP contribution in [0.2, 0.25) is 0 Å². The van der Waals surface area contributed by atoms with Crippen molar-refractivity contribution in [2.45, 2.75) is 25.7 Å². The summed E-state index contributed by atoms with van der Waals surface area (Å²) in [4.78, 5) is 0. The van der Waals surface area contributed by atoms with Crippen molar-refractivity contribution in [3.05, 3.63) is 0 Å². The van der Waals surface area contributed by atoms with Gasteiger partial charge in [-0.05, 0) is 12.8 Å². The Bertz CT molecular complexity index is 298. The average molecular weight is 208 g/mol. The zero-order valence-electron chi connectivity index (χ0n) is 6.59. The van der Waals surface area contributed by atoms with Gasteiger partial charge in [-0.25, -0.2) is 8.42 Å². The molecule has 1 saturated carbocycles. The number of hydrogen-bond donors (Lipinski definition) is 0. The van der Waals surface area contributed by atoms with Crippen LogP contribution in [-0.4, -0.2) is 14.2 Å². The summed E-state index contributed by atoms with van der Waals surface area (Å²) in [6.07, 6.45) is 3.19. The van der Waals surface area contributed by atoms with Gasteiger partial charge in [0.05, 0.1) is 17.2 Å². The number of halogens is 1. The van der Waals surface area contributed by atoms with E-state index in [1.165, 1.54) is 0 Å². The van der Waals surface area contributed by atoms with E-state index in [0.29, 0.717) is 12.8 Å². The summed E-state index contributed by atoms with van der Waals surface area (Å²) in [5.74, 6) is -0.196. The van der Waals surface area contributed by atoms with Crippen molar-refractivity contribution in [1.29, 1.82) is 5.26 Å². The lowest BCUT2D eigenvalue weighted by Crippen LogP contribution is -2.22. The van der Waals surface area contributed by atoms with Gasteiger partial charge in [0.2, 0.25) is 9.05 Å². The zero-order valence-corrected chi connectivity index (χ0v) is 8.16. The fraction of sp³-hybridized carbons (Fsp3) is 0.857. The van der Waals surface area contributed by atoms with E-state index in [2.05, 4.69) is 6.07 Å². The molecule has 0 bridgehead atoms. The molecule has 5 heteroatoms. The topological polar surface area (TPSA) is 57.9 Å². The van der Waals surface area contributed by atoms with Crippen LogP contribution in [0.15, 0.2) is 0 Å². The Morgan fingerprint density at radius 2 is 1.92 bits per heavy atom. The van der Waals surface area contributed by atoms with Crippen molar-refractivity contribution < 1.29 is 8.42 Å². The Hall–Kier alpha value is -0.270. The van der Waals surface area contributed by atoms with Crippen molar-refractivity contribution in [1.82, 2.24) is 0 Å². The summed E-state index contributed by atoms with van der Waals surface area (Å²) >= 11 is 0. The van der Waals surface area contributed by atoms with Gasteiger partial charge in [-0.1, -0.05) is 12.8 Å². The monoisotopic (exact) mass is 207 g/mol. The largest absolute Gasteiger partial charge is 0.234 e. The van der Waals surface area contributed by atoms with Gasteiger partial charge in [-0.15, -0.1) is 0 Å². The molecule has 0 aromatic rings. The number of rotatable bonds is 2. The van der Waals surface area contributed by atoms with Crippen LogP contribution in [0.25, 0.3) is 0 Å². The minimum absolute atomic E-state index is 0.196. The third-order valence-corrected chi connectivity index (χ3v) is 3.47. The van der Waals surface area contributed by atoms with Gasteiger partial charge in [0.1, 0.15) is 0 Å². The fourth-order valence-corrected chi connectivity index (χ4v) is 3.31. The Morgan fingerprint density at radius 3 is 2.25 bits per heavy atom. The normalized spacial score (nSPS) is 22.0. The van der Waals surface area contributed by atoms with Gasteiger partial charge in [0.25, 0.3) is 0 Å². The highest BCUT2D eigenvalue weighted by Gasteiger charge is 2.37. The minimum atomic E-state index is -3.53. The van der Waals surface area contributed by atoms with E-state index < -0.39 is 14.5 Å². The highest BCUT2D eigenvalue weighted by atomic mass is 35.7. The maximum Gasteiger partial charge on any atom is 0.234 e. The number of nitriles is 1. The number of nitrogens with zero attached hydrogens (tertiary/aromatic N) is 1. The van der Waals surface area contributed by atoms with Crippen LogP contribution in [-0.2, 0) is 9.05 Å². The molecule has 0 N–H and O–H groups in total. The van der Waals surface area contributed by atoms with Crippen LogP contribution in [0.3, 0.4) is 0 Å². The molecule has 0 heterocycles. The van der Waals surface area contributed by atoms with Gasteiger partial charge in [-0.3, -0.25) is 0 Å². The second-order valence-corrected chi connectivity index (χ2v) is 6.06. The lowest BCUT2D eigenvalue weighted by molar-refractivity contribution is 0.459. The first-order valence-corrected chi connectivity index (χ1v) is 6.29. The van der Waals surface area contributed by atoms with Crippen LogP contribution in [0.4, 0.5) is 0 Å². The highest BCUT2D eigenvalue weighted by Crippen LogP contribution is 2.39. The molecule has 1 aliphatic carbocycles. The summed E-state index contributed by atoms with van der Waals surface area (Å²) in [6.45, 7) is 0. The third-order valence-electron chi connectivity index (χ3n) is 2.25. The number of hydrogen-bond acceptors (Lipinski definition) is 3. The maximum absolute atomic E-state index is 10.8. The molecule has 0 saturated heterocycles. The van der Waals surface area contributed by atoms with Gasteiger partial charge < -0.3 is 0 Å². The van der Waals surface area contributed by atoms with E-state index in [4.69, 9.17) is 15.9 Å². The van der Waals surface area contributed by atoms with Crippen LogP contribution < -0.4 is 0 Å². The molecule has 0 unspecified atom stereocenters. The Kier molecular flexibility index (Phi) is 2.64. The smallest absolute Gasteiger partial charge is 0.212 e. The van der Waals surface area contributed by atoms with E-state index in [1.54, 1.807) is 0 Å². The molecule has 1 rings (SSSR count). The molecule has 3 nitrogen and oxygen atoms in total. The van der Waals surface area contributed by atoms with Crippen molar-refractivity contribution in [2.75, 3.05) is 5.75 Å². The molecule has 0 amide bonds. The van der Waals surface area contributed by atoms with E-state index in [0.717, 1.165) is 12.8 Å². The Labute approximate surface area is 76.7 Å². The SMILES string of the molecule is N#CC1(CS(=O)(=O)Cl)CCCC1. The molecule has 0 atom stereocenters. The average Bonchev–Trinajstić information content (AvgIpc) is 2.34. The molecular weight excluding hydrogens is 198 g/mol. The van der Waals surface area contributed by atoms with Gasteiger partial charge in [-0.2, -0.15) is 5.26 Å². The molecular formula is C7H10ClNO2S. The van der Waals surface area contributed by atoms with E-state index in [-0.39, 0.29) is 5.75 Å². The zero-order chi connectivity index (χ0) is 9.24. The summed E-state index contributed by atoms with van der Waals surface area (Å²) in [5, 5.41) is 8.81. The van der Waals surface area contributed by atoms with Crippen LogP contribution in [0.1, 0.15) is 25.7 Å². The third kappa shape index (κ3) is 2.36. The summed E-state index contributed by atoms with van der Waals surface area (Å²) < 4.78 is 21.5. The van der Waals surface area contributed by atoms with Gasteiger partial charge in [0, 0.05) is 10.7 Å². The molecule has 0 aromatic carbocycles. The van der Waals surface area contributed by atoms with Gasteiger partial charge >= 0.3 is 0 Å². The van der Waals surface area contributed by atoms with Crippen LogP contribution in [0, 0.1) is 16.7 Å².